The number of nitrogens with zero attached hydrogens (tertiary/aromatic N) is 4. The second-order valence-corrected chi connectivity index (χ2v) is 10.3. The Morgan fingerprint density at radius 3 is 1.93 bits per heavy atom. The highest BCUT2D eigenvalue weighted by Gasteiger charge is 2.18. The van der Waals surface area contributed by atoms with Gasteiger partial charge in [-0.3, -0.25) is 24.1 Å². The molecule has 8 nitrogen and oxygen atoms in total. The number of benzene rings is 5. The molecular formula is C36H26N6O2. The van der Waals surface area contributed by atoms with Crippen molar-refractivity contribution in [1.82, 2.24) is 24.4 Å². The van der Waals surface area contributed by atoms with E-state index in [1.54, 1.807) is 37.4 Å². The number of hydrogen-bond donors (Lipinski definition) is 2. The van der Waals surface area contributed by atoms with Crippen molar-refractivity contribution in [3.8, 4) is 34.0 Å². The van der Waals surface area contributed by atoms with E-state index >= 15 is 0 Å². The van der Waals surface area contributed by atoms with Crippen LogP contribution in [0.4, 0.5) is 0 Å². The van der Waals surface area contributed by atoms with Gasteiger partial charge in [0.05, 0.1) is 33.6 Å². The Labute approximate surface area is 252 Å². The van der Waals surface area contributed by atoms with Crippen LogP contribution >= 0.6 is 0 Å². The number of rotatable bonds is 5. The van der Waals surface area contributed by atoms with Gasteiger partial charge in [0.1, 0.15) is 5.84 Å². The van der Waals surface area contributed by atoms with Gasteiger partial charge in [-0.15, -0.1) is 0 Å². The quantitative estimate of drug-likeness (QED) is 0.150. The minimum absolute atomic E-state index is 0.209. The first kappa shape index (κ1) is 26.7. The lowest BCUT2D eigenvalue weighted by molar-refractivity contribution is 0.918. The lowest BCUT2D eigenvalue weighted by Crippen LogP contribution is -2.40. The summed E-state index contributed by atoms with van der Waals surface area (Å²) in [4.78, 5) is 37.5. The number of nitrogens with one attached hydrogen (secondary N) is 2. The molecule has 0 aliphatic carbocycles. The summed E-state index contributed by atoms with van der Waals surface area (Å²) in [6.07, 6.45) is 0. The summed E-state index contributed by atoms with van der Waals surface area (Å²) in [7, 11) is 1.66. The Morgan fingerprint density at radius 2 is 1.23 bits per heavy atom. The third-order valence-corrected chi connectivity index (χ3v) is 7.61. The number of fused-ring (bicyclic) bond motifs is 2. The van der Waals surface area contributed by atoms with Crippen LogP contribution in [0.2, 0.25) is 0 Å². The zero-order valence-corrected chi connectivity index (χ0v) is 23.7. The lowest BCUT2D eigenvalue weighted by Gasteiger charge is -2.16. The fraction of sp³-hybridized carbons (Fsp3) is 0.0278. The molecule has 0 aliphatic rings. The summed E-state index contributed by atoms with van der Waals surface area (Å²) in [6, 6.07) is 39.6. The summed E-state index contributed by atoms with van der Waals surface area (Å²) >= 11 is 0. The van der Waals surface area contributed by atoms with Crippen molar-refractivity contribution >= 4 is 27.8 Å². The minimum Gasteiger partial charge on any atom is -0.373 e. The van der Waals surface area contributed by atoms with Crippen molar-refractivity contribution in [2.24, 2.45) is 0 Å². The first-order chi connectivity index (χ1) is 21.5. The van der Waals surface area contributed by atoms with Gasteiger partial charge in [0.15, 0.2) is 5.82 Å². The maximum absolute atomic E-state index is 13.9. The smallest absolute Gasteiger partial charge is 0.321 e. The predicted octanol–water partition coefficient (Wildman–Crippen LogP) is 5.96. The zero-order valence-electron chi connectivity index (χ0n) is 23.7. The van der Waals surface area contributed by atoms with Gasteiger partial charge in [0.2, 0.25) is 0 Å². The van der Waals surface area contributed by atoms with E-state index in [0.29, 0.717) is 39.4 Å². The van der Waals surface area contributed by atoms with Crippen molar-refractivity contribution in [2.45, 2.75) is 0 Å². The van der Waals surface area contributed by atoms with Crippen molar-refractivity contribution in [3.63, 3.8) is 0 Å². The van der Waals surface area contributed by atoms with E-state index < -0.39 is 11.1 Å². The molecule has 212 valence electrons. The molecule has 2 N–H and O–H groups in total. The Hall–Kier alpha value is -6.15. The second-order valence-electron chi connectivity index (χ2n) is 10.3. The third-order valence-electron chi connectivity index (χ3n) is 7.61. The molecule has 0 spiro atoms. The van der Waals surface area contributed by atoms with Gasteiger partial charge in [-0.25, -0.2) is 9.97 Å². The zero-order chi connectivity index (χ0) is 30.2. The molecule has 7 rings (SSSR count). The molecule has 0 radical (unpaired) electrons. The third kappa shape index (κ3) is 4.55. The number of aromatic nitrogens is 4. The van der Waals surface area contributed by atoms with Crippen LogP contribution in [0.5, 0.6) is 0 Å². The van der Waals surface area contributed by atoms with E-state index in [-0.39, 0.29) is 5.84 Å². The van der Waals surface area contributed by atoms with Gasteiger partial charge in [0, 0.05) is 29.1 Å². The van der Waals surface area contributed by atoms with E-state index in [1.165, 1.54) is 9.13 Å². The fourth-order valence-electron chi connectivity index (χ4n) is 5.52. The normalized spacial score (nSPS) is 11.1. The van der Waals surface area contributed by atoms with E-state index in [9.17, 15) is 9.59 Å². The Bertz CT molecular complexity index is 2340. The minimum atomic E-state index is -0.699. The number of hydrogen-bond acceptors (Lipinski definition) is 5. The maximum Gasteiger partial charge on any atom is 0.321 e. The van der Waals surface area contributed by atoms with E-state index in [0.717, 1.165) is 22.2 Å². The maximum atomic E-state index is 13.9. The molecule has 0 aliphatic heterocycles. The molecule has 2 heterocycles. The van der Waals surface area contributed by atoms with Crippen LogP contribution in [0.25, 0.3) is 56.0 Å². The van der Waals surface area contributed by atoms with Gasteiger partial charge in [0.25, 0.3) is 0 Å². The molecule has 0 atom stereocenters. The molecule has 0 bridgehead atoms. The Kier molecular flexibility index (Phi) is 6.64. The number of para-hydroxylation sites is 3. The van der Waals surface area contributed by atoms with Gasteiger partial charge >= 0.3 is 11.1 Å². The first-order valence-electron chi connectivity index (χ1n) is 14.1. The molecule has 2 aromatic heterocycles. The van der Waals surface area contributed by atoms with Crippen molar-refractivity contribution in [3.05, 3.63) is 154 Å². The largest absolute Gasteiger partial charge is 0.373 e. The molecule has 0 unspecified atom stereocenters. The second kappa shape index (κ2) is 10.9. The molecule has 7 aromatic rings. The van der Waals surface area contributed by atoms with Crippen molar-refractivity contribution in [1.29, 1.82) is 5.41 Å². The monoisotopic (exact) mass is 574 g/mol. The fourth-order valence-corrected chi connectivity index (χ4v) is 5.52. The molecule has 44 heavy (non-hydrogen) atoms. The van der Waals surface area contributed by atoms with E-state index in [2.05, 4.69) is 5.32 Å². The topological polar surface area (TPSA) is 106 Å². The van der Waals surface area contributed by atoms with Crippen molar-refractivity contribution < 1.29 is 0 Å². The molecule has 0 amide bonds. The molecule has 0 fully saturated rings. The van der Waals surface area contributed by atoms with Crippen LogP contribution in [0, 0.1) is 5.41 Å². The molecule has 8 heteroatoms. The first-order valence-corrected chi connectivity index (χ1v) is 14.1. The molecular weight excluding hydrogens is 548 g/mol. The van der Waals surface area contributed by atoms with Crippen LogP contribution < -0.4 is 16.4 Å². The SMILES string of the molecule is CNC(=N)c1cccc(-n2c(=O)c(=O)n(-c3cccc(-c4nc(-c5ccccc5)c5ccccc5n4)c3)c3ccccc32)c1. The van der Waals surface area contributed by atoms with Crippen LogP contribution in [-0.2, 0) is 0 Å². The highest BCUT2D eigenvalue weighted by atomic mass is 16.2. The van der Waals surface area contributed by atoms with Gasteiger partial charge < -0.3 is 5.32 Å². The molecule has 0 saturated carbocycles. The van der Waals surface area contributed by atoms with Crippen molar-refractivity contribution in [2.75, 3.05) is 7.05 Å². The highest BCUT2D eigenvalue weighted by Crippen LogP contribution is 2.30. The lowest BCUT2D eigenvalue weighted by atomic mass is 10.1. The van der Waals surface area contributed by atoms with Crippen LogP contribution in [0.1, 0.15) is 5.56 Å². The molecule has 5 aromatic carbocycles. The standard InChI is InChI=1S/C36H26N6O2/c1-38-33(37)24-13-9-15-26(21-24)41-30-19-7-8-20-31(30)42(36(44)35(41)43)27-16-10-14-25(22-27)34-39-29-18-6-5-17-28(29)32(40-34)23-11-3-2-4-12-23/h2-22H,1H3,(H2,37,38). The van der Waals surface area contributed by atoms with Crippen LogP contribution in [0.3, 0.4) is 0 Å². The predicted molar refractivity (Wildman–Crippen MR) is 175 cm³/mol. The van der Waals surface area contributed by atoms with E-state index in [4.69, 9.17) is 15.4 Å². The van der Waals surface area contributed by atoms with Gasteiger partial charge in [-0.2, -0.15) is 0 Å². The summed E-state index contributed by atoms with van der Waals surface area (Å²) in [6.45, 7) is 0. The average molecular weight is 575 g/mol. The molecule has 0 saturated heterocycles. The average Bonchev–Trinajstić information content (AvgIpc) is 3.08. The van der Waals surface area contributed by atoms with Crippen LogP contribution in [-0.4, -0.2) is 32.0 Å². The summed E-state index contributed by atoms with van der Waals surface area (Å²) < 4.78 is 2.85. The summed E-state index contributed by atoms with van der Waals surface area (Å²) in [5, 5.41) is 11.9. The number of amidine groups is 1. The van der Waals surface area contributed by atoms with Gasteiger partial charge in [-0.05, 0) is 42.5 Å². The summed E-state index contributed by atoms with van der Waals surface area (Å²) in [5.74, 6) is 0.722. The van der Waals surface area contributed by atoms with Gasteiger partial charge in [-0.1, -0.05) is 84.9 Å². The highest BCUT2D eigenvalue weighted by molar-refractivity contribution is 5.97. The van der Waals surface area contributed by atoms with Crippen LogP contribution in [0.15, 0.2) is 137 Å². The van der Waals surface area contributed by atoms with E-state index in [1.807, 2.05) is 97.1 Å². The summed E-state index contributed by atoms with van der Waals surface area (Å²) in [5.41, 5.74) is 4.66. The Morgan fingerprint density at radius 1 is 0.636 bits per heavy atom. The Balaban J connectivity index is 1.42.